The van der Waals surface area contributed by atoms with Crippen LogP contribution in [0, 0.1) is 5.82 Å². The predicted molar refractivity (Wildman–Crippen MR) is 91.2 cm³/mol. The Bertz CT molecular complexity index is 704. The first-order valence-corrected chi connectivity index (χ1v) is 9.28. The highest BCUT2D eigenvalue weighted by Crippen LogP contribution is 2.28. The second-order valence-electron chi connectivity index (χ2n) is 5.96. The molecule has 1 aromatic carbocycles. The van der Waals surface area contributed by atoms with E-state index in [-0.39, 0.29) is 22.9 Å². The van der Waals surface area contributed by atoms with Crippen molar-refractivity contribution in [3.8, 4) is 11.4 Å². The lowest BCUT2D eigenvalue weighted by Gasteiger charge is -2.32. The number of halogens is 1. The average Bonchev–Trinajstić information content (AvgIpc) is 3.11. The van der Waals surface area contributed by atoms with Gasteiger partial charge in [-0.05, 0) is 50.3 Å². The molecule has 0 bridgehead atoms. The average molecular weight is 349 g/mol. The molecule has 3 rings (SSSR count). The van der Waals surface area contributed by atoms with Crippen LogP contribution in [-0.4, -0.2) is 45.5 Å². The minimum atomic E-state index is -0.299. The third-order valence-electron chi connectivity index (χ3n) is 4.33. The number of hydrogen-bond donors (Lipinski definition) is 0. The van der Waals surface area contributed by atoms with Crippen LogP contribution in [0.25, 0.3) is 11.4 Å². The summed E-state index contributed by atoms with van der Waals surface area (Å²) in [6, 6.07) is 5.99. The minimum absolute atomic E-state index is 0.0405. The van der Waals surface area contributed by atoms with Crippen LogP contribution >= 0.6 is 11.8 Å². The Morgan fingerprint density at radius 3 is 2.88 bits per heavy atom. The molecule has 1 saturated heterocycles. The first-order valence-electron chi connectivity index (χ1n) is 7.99. The van der Waals surface area contributed by atoms with Gasteiger partial charge in [-0.2, -0.15) is 16.7 Å². The van der Waals surface area contributed by atoms with Crippen molar-refractivity contribution in [1.82, 2.24) is 15.0 Å². The van der Waals surface area contributed by atoms with E-state index in [0.29, 0.717) is 23.8 Å². The fraction of sp³-hybridized carbons (Fsp3) is 0.471. The number of carbonyl (C=O) groups excluding carboxylic acids is 1. The van der Waals surface area contributed by atoms with E-state index in [2.05, 4.69) is 10.1 Å². The summed E-state index contributed by atoms with van der Waals surface area (Å²) in [6.45, 7) is 3.31. The highest BCUT2D eigenvalue weighted by Gasteiger charge is 2.30. The molecular weight excluding hydrogens is 329 g/mol. The molecule has 0 saturated carbocycles. The Hall–Kier alpha value is -1.89. The van der Waals surface area contributed by atoms with E-state index in [4.69, 9.17) is 4.52 Å². The summed E-state index contributed by atoms with van der Waals surface area (Å²) in [5.74, 6) is 0.908. The third-order valence-corrected chi connectivity index (χ3v) is 5.24. The van der Waals surface area contributed by atoms with E-state index >= 15 is 0 Å². The van der Waals surface area contributed by atoms with Crippen molar-refractivity contribution in [2.24, 2.45) is 0 Å². The second kappa shape index (κ2) is 7.34. The van der Waals surface area contributed by atoms with Gasteiger partial charge in [0.1, 0.15) is 5.82 Å². The van der Waals surface area contributed by atoms with Crippen molar-refractivity contribution < 1.29 is 13.7 Å². The van der Waals surface area contributed by atoms with Gasteiger partial charge < -0.3 is 9.42 Å². The van der Waals surface area contributed by atoms with Gasteiger partial charge in [0.2, 0.25) is 17.6 Å². The van der Waals surface area contributed by atoms with Crippen LogP contribution in [-0.2, 0) is 4.79 Å². The molecule has 2 heterocycles. The van der Waals surface area contributed by atoms with E-state index in [1.54, 1.807) is 23.9 Å². The number of amides is 1. The van der Waals surface area contributed by atoms with Crippen molar-refractivity contribution in [1.29, 1.82) is 0 Å². The van der Waals surface area contributed by atoms with Crippen LogP contribution in [0.2, 0.25) is 0 Å². The van der Waals surface area contributed by atoms with Crippen molar-refractivity contribution in [2.45, 2.75) is 30.9 Å². The number of likely N-dealkylation sites (tertiary alicyclic amines) is 1. The van der Waals surface area contributed by atoms with E-state index in [0.717, 1.165) is 19.4 Å². The van der Waals surface area contributed by atoms with Gasteiger partial charge >= 0.3 is 0 Å². The van der Waals surface area contributed by atoms with E-state index in [9.17, 15) is 9.18 Å². The zero-order valence-corrected chi connectivity index (χ0v) is 14.6. The van der Waals surface area contributed by atoms with Crippen molar-refractivity contribution >= 4 is 17.7 Å². The largest absolute Gasteiger partial charge is 0.341 e. The van der Waals surface area contributed by atoms with Crippen LogP contribution in [0.15, 0.2) is 28.8 Å². The molecule has 1 amide bonds. The fourth-order valence-corrected chi connectivity index (χ4v) is 3.20. The minimum Gasteiger partial charge on any atom is -0.341 e. The summed E-state index contributed by atoms with van der Waals surface area (Å²) < 4.78 is 18.4. The van der Waals surface area contributed by atoms with Gasteiger partial charge in [0.15, 0.2) is 0 Å². The molecule has 0 spiro atoms. The number of thioether (sulfide) groups is 1. The number of rotatable bonds is 4. The summed E-state index contributed by atoms with van der Waals surface area (Å²) in [5, 5.41) is 3.96. The summed E-state index contributed by atoms with van der Waals surface area (Å²) in [7, 11) is 0. The van der Waals surface area contributed by atoms with Crippen LogP contribution in [0.3, 0.4) is 0 Å². The fourth-order valence-electron chi connectivity index (χ4n) is 2.85. The number of nitrogens with zero attached hydrogens (tertiary/aromatic N) is 3. The Labute approximate surface area is 144 Å². The number of benzene rings is 1. The van der Waals surface area contributed by atoms with Crippen LogP contribution in [0.1, 0.15) is 31.6 Å². The summed E-state index contributed by atoms with van der Waals surface area (Å²) in [6.07, 6.45) is 3.78. The molecule has 5 nitrogen and oxygen atoms in total. The standard InChI is InChI=1S/C17H20FN3O2S/c1-11(24-2)17(22)21-9-3-4-13(10-21)16-19-15(20-23-16)12-5-7-14(18)8-6-12/h5-8,11,13H,3-4,9-10H2,1-2H3/t11-,13-/m1/s1. The lowest BCUT2D eigenvalue weighted by atomic mass is 9.97. The second-order valence-corrected chi connectivity index (χ2v) is 7.14. The molecule has 1 aliphatic heterocycles. The normalized spacial score (nSPS) is 19.3. The molecule has 0 unspecified atom stereocenters. The Morgan fingerprint density at radius 2 is 2.17 bits per heavy atom. The zero-order chi connectivity index (χ0) is 17.1. The highest BCUT2D eigenvalue weighted by molar-refractivity contribution is 7.99. The number of carbonyl (C=O) groups is 1. The Balaban J connectivity index is 1.72. The topological polar surface area (TPSA) is 59.2 Å². The van der Waals surface area contributed by atoms with Gasteiger partial charge in [-0.15, -0.1) is 0 Å². The first-order chi connectivity index (χ1) is 11.6. The number of piperidine rings is 1. The van der Waals surface area contributed by atoms with Gasteiger partial charge in [-0.1, -0.05) is 5.16 Å². The molecule has 0 aliphatic carbocycles. The maximum absolute atomic E-state index is 13.0. The van der Waals surface area contributed by atoms with Crippen LogP contribution in [0.4, 0.5) is 4.39 Å². The van der Waals surface area contributed by atoms with Gasteiger partial charge in [-0.3, -0.25) is 4.79 Å². The zero-order valence-electron chi connectivity index (χ0n) is 13.7. The Kier molecular flexibility index (Phi) is 5.18. The van der Waals surface area contributed by atoms with E-state index in [1.165, 1.54) is 12.1 Å². The third kappa shape index (κ3) is 3.61. The van der Waals surface area contributed by atoms with Gasteiger partial charge in [0.05, 0.1) is 11.2 Å². The Morgan fingerprint density at radius 1 is 1.42 bits per heavy atom. The maximum Gasteiger partial charge on any atom is 0.235 e. The summed E-state index contributed by atoms with van der Waals surface area (Å²) in [5.41, 5.74) is 0.714. The van der Waals surface area contributed by atoms with Crippen molar-refractivity contribution in [3.05, 3.63) is 36.0 Å². The van der Waals surface area contributed by atoms with Gasteiger partial charge in [0.25, 0.3) is 0 Å². The molecule has 1 aromatic heterocycles. The first kappa shape index (κ1) is 17.0. The summed E-state index contributed by atoms with van der Waals surface area (Å²) >= 11 is 1.55. The van der Waals surface area contributed by atoms with Gasteiger partial charge in [-0.25, -0.2) is 4.39 Å². The molecule has 0 radical (unpaired) electrons. The quantitative estimate of drug-likeness (QED) is 0.847. The van der Waals surface area contributed by atoms with Crippen molar-refractivity contribution in [3.63, 3.8) is 0 Å². The molecule has 1 aliphatic rings. The summed E-state index contributed by atoms with van der Waals surface area (Å²) in [4.78, 5) is 18.7. The smallest absolute Gasteiger partial charge is 0.235 e. The van der Waals surface area contributed by atoms with E-state index < -0.39 is 0 Å². The van der Waals surface area contributed by atoms with Crippen LogP contribution in [0.5, 0.6) is 0 Å². The molecule has 2 atom stereocenters. The predicted octanol–water partition coefficient (Wildman–Crippen LogP) is 3.33. The molecule has 1 fully saturated rings. The molecule has 0 N–H and O–H groups in total. The van der Waals surface area contributed by atoms with Gasteiger partial charge in [0, 0.05) is 18.7 Å². The highest BCUT2D eigenvalue weighted by atomic mass is 32.2. The van der Waals surface area contributed by atoms with Crippen molar-refractivity contribution in [2.75, 3.05) is 19.3 Å². The number of hydrogen-bond acceptors (Lipinski definition) is 5. The lowest BCUT2D eigenvalue weighted by molar-refractivity contribution is -0.131. The molecule has 24 heavy (non-hydrogen) atoms. The lowest BCUT2D eigenvalue weighted by Crippen LogP contribution is -2.42. The van der Waals surface area contributed by atoms with Crippen LogP contribution < -0.4 is 0 Å². The maximum atomic E-state index is 13.0. The number of aromatic nitrogens is 2. The molecule has 7 heteroatoms. The molecule has 128 valence electrons. The molecular formula is C17H20FN3O2S. The molecule has 2 aromatic rings. The SMILES string of the molecule is CS[C@H](C)C(=O)N1CCC[C@@H](c2nc(-c3ccc(F)cc3)no2)C1. The van der Waals surface area contributed by atoms with E-state index in [1.807, 2.05) is 18.1 Å². The monoisotopic (exact) mass is 349 g/mol.